The van der Waals surface area contributed by atoms with E-state index in [1.54, 1.807) is 6.07 Å². The molecule has 26 heavy (non-hydrogen) atoms. The summed E-state index contributed by atoms with van der Waals surface area (Å²) >= 11 is 3.47. The molecule has 3 rings (SSSR count). The highest BCUT2D eigenvalue weighted by Gasteiger charge is 2.21. The van der Waals surface area contributed by atoms with Crippen LogP contribution in [0.1, 0.15) is 34.7 Å². The van der Waals surface area contributed by atoms with Crippen molar-refractivity contribution in [3.8, 4) is 0 Å². The minimum Gasteiger partial charge on any atom is -0.411 e. The average Bonchev–Trinajstić information content (AvgIpc) is 2.66. The molecule has 0 aliphatic rings. The van der Waals surface area contributed by atoms with E-state index in [1.165, 1.54) is 6.07 Å². The quantitative estimate of drug-likeness (QED) is 0.374. The standard InChI is InChI=1S/C20H18BrN3O2/c1-13-4-2-3-5-16(13)17(14-6-8-15(21)9-7-14)12-19(24-26)18-10-11-20(25)23-22-18/h2-11,17,26H,12H2,1H3,(H,23,25). The van der Waals surface area contributed by atoms with Crippen LogP contribution in [0.5, 0.6) is 0 Å². The van der Waals surface area contributed by atoms with E-state index in [9.17, 15) is 10.0 Å². The van der Waals surface area contributed by atoms with Crippen LogP contribution in [0.15, 0.2) is 75.1 Å². The first-order valence-corrected chi connectivity index (χ1v) is 8.96. The highest BCUT2D eigenvalue weighted by molar-refractivity contribution is 9.10. The lowest BCUT2D eigenvalue weighted by Crippen LogP contribution is -2.16. The molecule has 1 heterocycles. The maximum absolute atomic E-state index is 11.2. The number of nitrogens with zero attached hydrogens (tertiary/aromatic N) is 2. The Morgan fingerprint density at radius 1 is 1.15 bits per heavy atom. The Hall–Kier alpha value is -2.73. The van der Waals surface area contributed by atoms with E-state index in [2.05, 4.69) is 62.5 Å². The molecule has 0 bridgehead atoms. The van der Waals surface area contributed by atoms with E-state index in [1.807, 2.05) is 24.3 Å². The van der Waals surface area contributed by atoms with Crippen LogP contribution >= 0.6 is 15.9 Å². The van der Waals surface area contributed by atoms with Gasteiger partial charge in [0.25, 0.3) is 5.56 Å². The van der Waals surface area contributed by atoms with Crippen molar-refractivity contribution in [1.29, 1.82) is 0 Å². The average molecular weight is 412 g/mol. The van der Waals surface area contributed by atoms with Crippen LogP contribution in [0.3, 0.4) is 0 Å². The molecule has 0 fully saturated rings. The van der Waals surface area contributed by atoms with Gasteiger partial charge in [-0.1, -0.05) is 57.5 Å². The third kappa shape index (κ3) is 4.08. The van der Waals surface area contributed by atoms with Crippen molar-refractivity contribution in [2.75, 3.05) is 0 Å². The SMILES string of the molecule is Cc1ccccc1C(CC(=NO)c1ccc(=O)[nH]n1)c1ccc(Br)cc1. The Morgan fingerprint density at radius 3 is 2.50 bits per heavy atom. The summed E-state index contributed by atoms with van der Waals surface area (Å²) in [7, 11) is 0. The summed E-state index contributed by atoms with van der Waals surface area (Å²) in [6.07, 6.45) is 0.446. The predicted molar refractivity (Wildman–Crippen MR) is 105 cm³/mol. The van der Waals surface area contributed by atoms with Crippen LogP contribution in [-0.2, 0) is 0 Å². The number of halogens is 1. The highest BCUT2D eigenvalue weighted by Crippen LogP contribution is 2.32. The van der Waals surface area contributed by atoms with Crippen molar-refractivity contribution in [3.63, 3.8) is 0 Å². The Bertz CT molecular complexity index is 960. The minimum absolute atomic E-state index is 0.0103. The number of hydrogen-bond acceptors (Lipinski definition) is 4. The molecule has 0 aliphatic heterocycles. The number of oxime groups is 1. The van der Waals surface area contributed by atoms with Crippen LogP contribution < -0.4 is 5.56 Å². The number of aryl methyl sites for hydroxylation is 1. The molecular formula is C20H18BrN3O2. The largest absolute Gasteiger partial charge is 0.411 e. The Balaban J connectivity index is 2.03. The molecule has 1 atom stereocenters. The van der Waals surface area contributed by atoms with E-state index < -0.39 is 0 Å². The van der Waals surface area contributed by atoms with E-state index >= 15 is 0 Å². The Morgan fingerprint density at radius 2 is 1.88 bits per heavy atom. The van der Waals surface area contributed by atoms with Crippen molar-refractivity contribution in [3.05, 3.63) is 97.9 Å². The molecule has 0 radical (unpaired) electrons. The van der Waals surface area contributed by atoms with E-state index in [0.717, 1.165) is 21.2 Å². The third-order valence-corrected chi connectivity index (χ3v) is 4.86. The summed E-state index contributed by atoms with van der Waals surface area (Å²) in [6.45, 7) is 2.06. The van der Waals surface area contributed by atoms with Gasteiger partial charge in [-0.15, -0.1) is 0 Å². The van der Waals surface area contributed by atoms with Gasteiger partial charge in [0.15, 0.2) is 0 Å². The molecule has 0 aliphatic carbocycles. The number of nitrogens with one attached hydrogen (secondary N) is 1. The normalized spacial score (nSPS) is 12.8. The monoisotopic (exact) mass is 411 g/mol. The van der Waals surface area contributed by atoms with Gasteiger partial charge in [-0.2, -0.15) is 5.10 Å². The van der Waals surface area contributed by atoms with Crippen molar-refractivity contribution in [2.45, 2.75) is 19.3 Å². The van der Waals surface area contributed by atoms with Gasteiger partial charge in [0.2, 0.25) is 0 Å². The molecule has 1 unspecified atom stereocenters. The van der Waals surface area contributed by atoms with Crippen molar-refractivity contribution < 1.29 is 5.21 Å². The molecule has 0 saturated heterocycles. The number of aromatic amines is 1. The zero-order valence-electron chi connectivity index (χ0n) is 14.2. The molecular weight excluding hydrogens is 394 g/mol. The molecule has 5 nitrogen and oxygen atoms in total. The van der Waals surface area contributed by atoms with Gasteiger partial charge < -0.3 is 5.21 Å². The second-order valence-corrected chi connectivity index (χ2v) is 6.93. The predicted octanol–water partition coefficient (Wildman–Crippen LogP) is 4.24. The number of aromatic nitrogens is 2. The number of H-pyrrole nitrogens is 1. The van der Waals surface area contributed by atoms with Gasteiger partial charge in [0.05, 0.1) is 0 Å². The zero-order chi connectivity index (χ0) is 18.5. The first-order valence-electron chi connectivity index (χ1n) is 8.16. The summed E-state index contributed by atoms with van der Waals surface area (Å²) in [5.74, 6) is -0.0103. The lowest BCUT2D eigenvalue weighted by atomic mass is 9.84. The van der Waals surface area contributed by atoms with Crippen molar-refractivity contribution in [2.24, 2.45) is 5.16 Å². The van der Waals surface area contributed by atoms with Crippen LogP contribution in [0.4, 0.5) is 0 Å². The highest BCUT2D eigenvalue weighted by atomic mass is 79.9. The molecule has 0 spiro atoms. The second-order valence-electron chi connectivity index (χ2n) is 6.02. The van der Waals surface area contributed by atoms with Gasteiger partial charge in [-0.25, -0.2) is 5.10 Å². The van der Waals surface area contributed by atoms with Crippen LogP contribution in [0, 0.1) is 6.92 Å². The molecule has 1 aromatic heterocycles. The molecule has 2 aromatic carbocycles. The van der Waals surface area contributed by atoms with Gasteiger partial charge >= 0.3 is 0 Å². The molecule has 132 valence electrons. The number of rotatable bonds is 5. The van der Waals surface area contributed by atoms with E-state index in [4.69, 9.17) is 0 Å². The van der Waals surface area contributed by atoms with Crippen LogP contribution in [0.2, 0.25) is 0 Å². The maximum atomic E-state index is 11.2. The topological polar surface area (TPSA) is 78.3 Å². The number of hydrogen-bond donors (Lipinski definition) is 2. The van der Waals surface area contributed by atoms with E-state index in [0.29, 0.717) is 17.8 Å². The fraction of sp³-hybridized carbons (Fsp3) is 0.150. The second kappa shape index (κ2) is 8.10. The van der Waals surface area contributed by atoms with E-state index in [-0.39, 0.29) is 11.5 Å². The molecule has 6 heteroatoms. The summed E-state index contributed by atoms with van der Waals surface area (Å²) in [6, 6.07) is 19.2. The van der Waals surface area contributed by atoms with Crippen molar-refractivity contribution in [1.82, 2.24) is 10.2 Å². The third-order valence-electron chi connectivity index (χ3n) is 4.33. The maximum Gasteiger partial charge on any atom is 0.264 e. The molecule has 2 N–H and O–H groups in total. The first-order chi connectivity index (χ1) is 12.6. The molecule has 0 amide bonds. The molecule has 0 saturated carbocycles. The smallest absolute Gasteiger partial charge is 0.264 e. The first kappa shape index (κ1) is 18.1. The van der Waals surface area contributed by atoms with Gasteiger partial charge in [0, 0.05) is 22.9 Å². The summed E-state index contributed by atoms with van der Waals surface area (Å²) < 4.78 is 1.00. The lowest BCUT2D eigenvalue weighted by molar-refractivity contribution is 0.317. The Kier molecular flexibility index (Phi) is 5.63. The fourth-order valence-electron chi connectivity index (χ4n) is 2.98. The van der Waals surface area contributed by atoms with Gasteiger partial charge in [-0.05, 0) is 41.8 Å². The summed E-state index contributed by atoms with van der Waals surface area (Å²) in [4.78, 5) is 11.2. The minimum atomic E-state index is -0.297. The Labute approximate surface area is 159 Å². The van der Waals surface area contributed by atoms with Crippen LogP contribution in [0.25, 0.3) is 0 Å². The zero-order valence-corrected chi connectivity index (χ0v) is 15.8. The summed E-state index contributed by atoms with van der Waals surface area (Å²) in [5, 5.41) is 19.4. The fourth-order valence-corrected chi connectivity index (χ4v) is 3.24. The molecule has 3 aromatic rings. The number of benzene rings is 2. The van der Waals surface area contributed by atoms with Gasteiger partial charge in [-0.3, -0.25) is 4.79 Å². The lowest BCUT2D eigenvalue weighted by Gasteiger charge is -2.20. The van der Waals surface area contributed by atoms with Crippen LogP contribution in [-0.4, -0.2) is 21.1 Å². The summed E-state index contributed by atoms with van der Waals surface area (Å²) in [5.41, 5.74) is 3.98. The van der Waals surface area contributed by atoms with Crippen molar-refractivity contribution >= 4 is 21.6 Å². The van der Waals surface area contributed by atoms with Gasteiger partial charge in [0.1, 0.15) is 11.4 Å².